The highest BCUT2D eigenvalue weighted by Crippen LogP contribution is 2.33. The lowest BCUT2D eigenvalue weighted by Gasteiger charge is -2.29. The van der Waals surface area contributed by atoms with Gasteiger partial charge in [-0.15, -0.1) is 5.10 Å². The number of fused-ring (bicyclic) bond motifs is 1. The summed E-state index contributed by atoms with van der Waals surface area (Å²) in [4.78, 5) is 26.7. The third-order valence-electron chi connectivity index (χ3n) is 4.07. The van der Waals surface area contributed by atoms with Gasteiger partial charge in [0.25, 0.3) is 5.91 Å². The van der Waals surface area contributed by atoms with Gasteiger partial charge in [-0.1, -0.05) is 40.9 Å². The van der Waals surface area contributed by atoms with E-state index >= 15 is 0 Å². The number of benzene rings is 2. The van der Waals surface area contributed by atoms with Crippen molar-refractivity contribution >= 4 is 39.9 Å². The number of methoxy groups -OCH3 is 1. The normalized spacial score (nSPS) is 12.0. The molecule has 0 saturated carbocycles. The quantitative estimate of drug-likeness (QED) is 0.672. The Morgan fingerprint density at radius 2 is 1.96 bits per heavy atom. The van der Waals surface area contributed by atoms with Gasteiger partial charge < -0.3 is 4.74 Å². The number of nitrogens with zero attached hydrogens (tertiary/aromatic N) is 3. The molecule has 0 radical (unpaired) electrons. The Balaban J connectivity index is 2.23. The highest BCUT2D eigenvalue weighted by Gasteiger charge is 2.32. The number of carbonyl (C=O) groups excluding carboxylic acids is 2. The van der Waals surface area contributed by atoms with Gasteiger partial charge in [-0.05, 0) is 36.3 Å². The molecule has 1 amide bonds. The van der Waals surface area contributed by atoms with Crippen LogP contribution in [0.25, 0.3) is 10.8 Å². The molecule has 7 heteroatoms. The van der Waals surface area contributed by atoms with Crippen molar-refractivity contribution in [2.75, 3.05) is 12.0 Å². The number of hydrogen-bond donors (Lipinski definition) is 0. The molecule has 1 unspecified atom stereocenters. The second-order valence-corrected chi connectivity index (χ2v) is 6.23. The van der Waals surface area contributed by atoms with Crippen LogP contribution in [0.2, 0.25) is 0 Å². The molecule has 0 aliphatic carbocycles. The van der Waals surface area contributed by atoms with Crippen LogP contribution in [0.1, 0.15) is 23.0 Å². The van der Waals surface area contributed by atoms with E-state index in [0.29, 0.717) is 5.69 Å². The molecule has 0 saturated heterocycles. The van der Waals surface area contributed by atoms with Gasteiger partial charge in [0.15, 0.2) is 5.69 Å². The molecule has 0 bridgehead atoms. The lowest BCUT2D eigenvalue weighted by Crippen LogP contribution is -2.44. The van der Waals surface area contributed by atoms with E-state index in [1.54, 1.807) is 12.3 Å². The first kappa shape index (κ1) is 17.0. The van der Waals surface area contributed by atoms with Crippen LogP contribution in [0.5, 0.6) is 0 Å². The Morgan fingerprint density at radius 3 is 2.64 bits per heavy atom. The molecule has 3 rings (SSSR count). The van der Waals surface area contributed by atoms with E-state index in [2.05, 4.69) is 9.59 Å². The third-order valence-corrected chi connectivity index (χ3v) is 4.58. The summed E-state index contributed by atoms with van der Waals surface area (Å²) in [6.07, 6.45) is 0. The number of aromatic nitrogens is 2. The minimum absolute atomic E-state index is 0.202. The van der Waals surface area contributed by atoms with Crippen molar-refractivity contribution in [3.05, 3.63) is 53.0 Å². The lowest BCUT2D eigenvalue weighted by molar-refractivity contribution is -0.141. The second-order valence-electron chi connectivity index (χ2n) is 5.62. The van der Waals surface area contributed by atoms with Gasteiger partial charge in [-0.25, -0.2) is 4.79 Å². The van der Waals surface area contributed by atoms with Crippen LogP contribution in [-0.4, -0.2) is 34.6 Å². The largest absolute Gasteiger partial charge is 0.467 e. The van der Waals surface area contributed by atoms with Crippen molar-refractivity contribution in [1.82, 2.24) is 9.59 Å². The monoisotopic (exact) mass is 355 g/mol. The Hall–Kier alpha value is -2.80. The van der Waals surface area contributed by atoms with Crippen molar-refractivity contribution in [3.8, 4) is 0 Å². The Bertz CT molecular complexity index is 924. The molecule has 3 aromatic rings. The van der Waals surface area contributed by atoms with Crippen molar-refractivity contribution in [3.63, 3.8) is 0 Å². The zero-order valence-electron chi connectivity index (χ0n) is 14.1. The summed E-state index contributed by atoms with van der Waals surface area (Å²) in [6.45, 7) is 3.55. The molecule has 1 aromatic heterocycles. The fourth-order valence-electron chi connectivity index (χ4n) is 2.81. The zero-order chi connectivity index (χ0) is 18.0. The van der Waals surface area contributed by atoms with E-state index in [4.69, 9.17) is 4.74 Å². The van der Waals surface area contributed by atoms with Crippen LogP contribution in [0.3, 0.4) is 0 Å². The molecular weight excluding hydrogens is 338 g/mol. The molecular formula is C18H17N3O3S. The van der Waals surface area contributed by atoms with Gasteiger partial charge in [0.2, 0.25) is 0 Å². The summed E-state index contributed by atoms with van der Waals surface area (Å²) in [7, 11) is 1.31. The smallest absolute Gasteiger partial charge is 0.328 e. The Morgan fingerprint density at radius 1 is 1.20 bits per heavy atom. The van der Waals surface area contributed by atoms with Crippen LogP contribution >= 0.6 is 11.5 Å². The summed E-state index contributed by atoms with van der Waals surface area (Å²) >= 11 is 1.09. The van der Waals surface area contributed by atoms with E-state index in [0.717, 1.165) is 27.9 Å². The highest BCUT2D eigenvalue weighted by atomic mass is 32.1. The molecule has 0 aliphatic heterocycles. The summed E-state index contributed by atoms with van der Waals surface area (Å²) in [5, 5.41) is 7.30. The lowest BCUT2D eigenvalue weighted by atomic mass is 10.0. The average Bonchev–Trinajstić information content (AvgIpc) is 3.17. The van der Waals surface area contributed by atoms with E-state index in [1.807, 2.05) is 43.3 Å². The maximum atomic E-state index is 13.1. The van der Waals surface area contributed by atoms with Crippen LogP contribution in [0.4, 0.5) is 5.69 Å². The molecule has 25 heavy (non-hydrogen) atoms. The van der Waals surface area contributed by atoms with E-state index in [1.165, 1.54) is 12.0 Å². The second kappa shape index (κ2) is 6.98. The highest BCUT2D eigenvalue weighted by molar-refractivity contribution is 7.03. The predicted octanol–water partition coefficient (Wildman–Crippen LogP) is 3.21. The fraction of sp³-hybridized carbons (Fsp3) is 0.222. The summed E-state index contributed by atoms with van der Waals surface area (Å²) in [6, 6.07) is 10.9. The number of hydrogen-bond acceptors (Lipinski definition) is 6. The number of anilines is 1. The maximum Gasteiger partial charge on any atom is 0.328 e. The minimum Gasteiger partial charge on any atom is -0.467 e. The number of ether oxygens (including phenoxy) is 1. The van der Waals surface area contributed by atoms with Crippen LogP contribution in [0, 0.1) is 6.92 Å². The molecule has 1 atom stereocenters. The van der Waals surface area contributed by atoms with Crippen molar-refractivity contribution < 1.29 is 14.3 Å². The zero-order valence-corrected chi connectivity index (χ0v) is 14.9. The first-order valence-corrected chi connectivity index (χ1v) is 8.55. The van der Waals surface area contributed by atoms with E-state index < -0.39 is 12.0 Å². The number of amides is 1. The molecule has 2 aromatic carbocycles. The topological polar surface area (TPSA) is 72.4 Å². The third kappa shape index (κ3) is 3.10. The van der Waals surface area contributed by atoms with E-state index in [9.17, 15) is 9.59 Å². The molecule has 0 spiro atoms. The summed E-state index contributed by atoms with van der Waals surface area (Å²) < 4.78 is 8.62. The molecule has 6 nitrogen and oxygen atoms in total. The van der Waals surface area contributed by atoms with Gasteiger partial charge in [0, 0.05) is 10.8 Å². The standard InChI is InChI=1S/C18H17N3O3S/c1-11-8-9-13-6-4-5-7-14(13)16(11)21(12(2)18(23)24-3)17(22)15-10-25-20-19-15/h4-10,12H,1-3H3. The first-order valence-electron chi connectivity index (χ1n) is 7.71. The molecule has 0 fully saturated rings. The summed E-state index contributed by atoms with van der Waals surface area (Å²) in [5.41, 5.74) is 1.76. The van der Waals surface area contributed by atoms with Gasteiger partial charge >= 0.3 is 5.97 Å². The summed E-state index contributed by atoms with van der Waals surface area (Å²) in [5.74, 6) is -0.880. The Labute approximate surface area is 149 Å². The number of aryl methyl sites for hydroxylation is 1. The van der Waals surface area contributed by atoms with Crippen LogP contribution in [0.15, 0.2) is 41.8 Å². The predicted molar refractivity (Wildman–Crippen MR) is 96.9 cm³/mol. The SMILES string of the molecule is COC(=O)C(C)N(C(=O)c1csnn1)c1c(C)ccc2ccccc12. The van der Waals surface area contributed by atoms with Gasteiger partial charge in [-0.2, -0.15) is 0 Å². The Kier molecular flexibility index (Phi) is 4.76. The molecule has 1 heterocycles. The number of rotatable bonds is 4. The van der Waals surface area contributed by atoms with E-state index in [-0.39, 0.29) is 11.6 Å². The van der Waals surface area contributed by atoms with Crippen LogP contribution < -0.4 is 4.90 Å². The van der Waals surface area contributed by atoms with Gasteiger partial charge in [0.05, 0.1) is 12.8 Å². The molecule has 128 valence electrons. The molecule has 0 N–H and O–H groups in total. The van der Waals surface area contributed by atoms with Crippen molar-refractivity contribution in [2.24, 2.45) is 0 Å². The minimum atomic E-state index is -0.802. The van der Waals surface area contributed by atoms with Crippen LogP contribution in [-0.2, 0) is 9.53 Å². The average molecular weight is 355 g/mol. The fourth-order valence-corrected chi connectivity index (χ4v) is 3.24. The van der Waals surface area contributed by atoms with Crippen molar-refractivity contribution in [2.45, 2.75) is 19.9 Å². The number of carbonyl (C=O) groups is 2. The van der Waals surface area contributed by atoms with Crippen molar-refractivity contribution in [1.29, 1.82) is 0 Å². The maximum absolute atomic E-state index is 13.1. The molecule has 0 aliphatic rings. The van der Waals surface area contributed by atoms with Gasteiger partial charge in [0.1, 0.15) is 6.04 Å². The first-order chi connectivity index (χ1) is 12.0. The number of esters is 1. The van der Waals surface area contributed by atoms with Gasteiger partial charge in [-0.3, -0.25) is 9.69 Å².